The Labute approximate surface area is 171 Å². The smallest absolute Gasteiger partial charge is 0.235 e. The fourth-order valence-corrected chi connectivity index (χ4v) is 5.72. The molecular weight excluding hydrogens is 382 g/mol. The number of anilines is 1. The SMILES string of the molecule is N#Cc1ccc(-c2cnccc2NS(=O)(=O)C2CCCCCC2)c2ccccc12. The van der Waals surface area contributed by atoms with Gasteiger partial charge in [0.15, 0.2) is 0 Å². The number of pyridine rings is 1. The van der Waals surface area contributed by atoms with Gasteiger partial charge in [0, 0.05) is 23.3 Å². The van der Waals surface area contributed by atoms with E-state index in [4.69, 9.17) is 0 Å². The number of rotatable bonds is 4. The minimum atomic E-state index is -3.49. The fraction of sp³-hybridized carbons (Fsp3) is 0.304. The van der Waals surface area contributed by atoms with Gasteiger partial charge in [-0.25, -0.2) is 8.42 Å². The van der Waals surface area contributed by atoms with Crippen LogP contribution in [0.2, 0.25) is 0 Å². The fourth-order valence-electron chi connectivity index (χ4n) is 4.12. The number of nitrogens with zero attached hydrogens (tertiary/aromatic N) is 2. The van der Waals surface area contributed by atoms with Crippen molar-refractivity contribution in [3.63, 3.8) is 0 Å². The van der Waals surface area contributed by atoms with Crippen molar-refractivity contribution in [3.8, 4) is 17.2 Å². The molecule has 1 aliphatic rings. The zero-order chi connectivity index (χ0) is 20.3. The summed E-state index contributed by atoms with van der Waals surface area (Å²) in [4.78, 5) is 4.23. The molecule has 0 saturated heterocycles. The van der Waals surface area contributed by atoms with Crippen LogP contribution in [0.5, 0.6) is 0 Å². The maximum absolute atomic E-state index is 13.1. The van der Waals surface area contributed by atoms with Gasteiger partial charge in [-0.2, -0.15) is 5.26 Å². The maximum atomic E-state index is 13.1. The van der Waals surface area contributed by atoms with Crippen molar-refractivity contribution >= 4 is 26.5 Å². The van der Waals surface area contributed by atoms with Crippen LogP contribution in [-0.4, -0.2) is 18.7 Å². The van der Waals surface area contributed by atoms with Gasteiger partial charge in [0.1, 0.15) is 0 Å². The summed E-state index contributed by atoms with van der Waals surface area (Å²) in [6.45, 7) is 0. The molecule has 1 heterocycles. The summed E-state index contributed by atoms with van der Waals surface area (Å²) >= 11 is 0. The third-order valence-electron chi connectivity index (χ3n) is 5.65. The van der Waals surface area contributed by atoms with Gasteiger partial charge in [-0.3, -0.25) is 9.71 Å². The number of benzene rings is 2. The number of aromatic nitrogens is 1. The first-order chi connectivity index (χ1) is 14.1. The lowest BCUT2D eigenvalue weighted by Gasteiger charge is -2.19. The number of nitrogens with one attached hydrogen (secondary N) is 1. The second kappa shape index (κ2) is 8.22. The summed E-state index contributed by atoms with van der Waals surface area (Å²) in [5, 5.41) is 10.8. The summed E-state index contributed by atoms with van der Waals surface area (Å²) in [6, 6.07) is 15.2. The van der Waals surface area contributed by atoms with E-state index in [1.54, 1.807) is 24.5 Å². The van der Waals surface area contributed by atoms with Crippen LogP contribution in [0, 0.1) is 11.3 Å². The molecule has 6 heteroatoms. The highest BCUT2D eigenvalue weighted by molar-refractivity contribution is 7.93. The Bertz CT molecular complexity index is 1170. The Morgan fingerprint density at radius 3 is 2.38 bits per heavy atom. The first-order valence-corrected chi connectivity index (χ1v) is 11.5. The van der Waals surface area contributed by atoms with Crippen LogP contribution < -0.4 is 4.72 Å². The van der Waals surface area contributed by atoms with Crippen molar-refractivity contribution < 1.29 is 8.42 Å². The monoisotopic (exact) mass is 405 g/mol. The summed E-state index contributed by atoms with van der Waals surface area (Å²) in [5.74, 6) is 0. The lowest BCUT2D eigenvalue weighted by atomic mass is 9.95. The zero-order valence-electron chi connectivity index (χ0n) is 16.1. The van der Waals surface area contributed by atoms with Crippen LogP contribution in [0.3, 0.4) is 0 Å². The van der Waals surface area contributed by atoms with E-state index in [0.29, 0.717) is 29.7 Å². The van der Waals surface area contributed by atoms with Gasteiger partial charge in [0.05, 0.1) is 22.6 Å². The Morgan fingerprint density at radius 1 is 0.931 bits per heavy atom. The molecule has 3 aromatic rings. The Kier molecular flexibility index (Phi) is 5.50. The van der Waals surface area contributed by atoms with Crippen molar-refractivity contribution in [3.05, 3.63) is 60.4 Å². The minimum absolute atomic E-state index is 0.358. The van der Waals surface area contributed by atoms with Gasteiger partial charge in [-0.15, -0.1) is 0 Å². The van der Waals surface area contributed by atoms with E-state index in [9.17, 15) is 13.7 Å². The quantitative estimate of drug-likeness (QED) is 0.602. The summed E-state index contributed by atoms with van der Waals surface area (Å²) in [5.41, 5.74) is 2.68. The molecule has 0 amide bonds. The van der Waals surface area contributed by atoms with Crippen LogP contribution in [0.1, 0.15) is 44.1 Å². The molecule has 1 saturated carbocycles. The normalized spacial score (nSPS) is 15.6. The molecule has 2 aromatic carbocycles. The molecular formula is C23H23N3O2S. The number of fused-ring (bicyclic) bond motifs is 1. The van der Waals surface area contributed by atoms with Gasteiger partial charge >= 0.3 is 0 Å². The van der Waals surface area contributed by atoms with Gasteiger partial charge in [0.25, 0.3) is 0 Å². The van der Waals surface area contributed by atoms with Crippen molar-refractivity contribution in [2.45, 2.75) is 43.8 Å². The molecule has 1 aromatic heterocycles. The molecule has 1 fully saturated rings. The van der Waals surface area contributed by atoms with Gasteiger partial charge in [-0.05, 0) is 35.9 Å². The van der Waals surface area contributed by atoms with E-state index in [0.717, 1.165) is 42.0 Å². The minimum Gasteiger partial charge on any atom is -0.283 e. The highest BCUT2D eigenvalue weighted by Gasteiger charge is 2.27. The average Bonchev–Trinajstić information content (AvgIpc) is 3.04. The molecule has 5 nitrogen and oxygen atoms in total. The first-order valence-electron chi connectivity index (χ1n) is 9.98. The van der Waals surface area contributed by atoms with Gasteiger partial charge < -0.3 is 0 Å². The number of sulfonamides is 1. The molecule has 0 atom stereocenters. The van der Waals surface area contributed by atoms with Crippen molar-refractivity contribution in [2.24, 2.45) is 0 Å². The maximum Gasteiger partial charge on any atom is 0.235 e. The highest BCUT2D eigenvalue weighted by atomic mass is 32.2. The largest absolute Gasteiger partial charge is 0.283 e. The summed E-state index contributed by atoms with van der Waals surface area (Å²) in [7, 11) is -3.49. The summed E-state index contributed by atoms with van der Waals surface area (Å²) < 4.78 is 29.0. The standard InChI is InChI=1S/C23H23N3O2S/c24-15-17-11-12-21(20-10-6-5-9-19(17)20)22-16-25-14-13-23(22)26-29(27,28)18-7-3-1-2-4-8-18/h5-6,9-14,16,18H,1-4,7-8H2,(H,25,26). The predicted octanol–water partition coefficient (Wildman–Crippen LogP) is 5.24. The molecule has 148 valence electrons. The van der Waals surface area contributed by atoms with Crippen LogP contribution in [0.25, 0.3) is 21.9 Å². The first kappa shape index (κ1) is 19.4. The van der Waals surface area contributed by atoms with E-state index in [1.165, 1.54) is 0 Å². The summed E-state index contributed by atoms with van der Waals surface area (Å²) in [6.07, 6.45) is 8.79. The topological polar surface area (TPSA) is 82.8 Å². The molecule has 0 radical (unpaired) electrons. The van der Waals surface area contributed by atoms with Gasteiger partial charge in [-0.1, -0.05) is 56.0 Å². The van der Waals surface area contributed by atoms with Crippen LogP contribution in [0.4, 0.5) is 5.69 Å². The predicted molar refractivity (Wildman–Crippen MR) is 116 cm³/mol. The van der Waals surface area contributed by atoms with E-state index in [1.807, 2.05) is 30.3 Å². The molecule has 0 unspecified atom stereocenters. The second-order valence-electron chi connectivity index (χ2n) is 7.50. The molecule has 1 aliphatic carbocycles. The molecule has 0 aliphatic heterocycles. The molecule has 0 bridgehead atoms. The van der Waals surface area contributed by atoms with Crippen molar-refractivity contribution in [1.82, 2.24) is 4.98 Å². The molecule has 1 N–H and O–H groups in total. The number of nitriles is 1. The van der Waals surface area contributed by atoms with Crippen LogP contribution in [-0.2, 0) is 10.0 Å². The highest BCUT2D eigenvalue weighted by Crippen LogP contribution is 2.35. The van der Waals surface area contributed by atoms with E-state index in [-0.39, 0.29) is 5.25 Å². The van der Waals surface area contributed by atoms with E-state index >= 15 is 0 Å². The van der Waals surface area contributed by atoms with E-state index in [2.05, 4.69) is 15.8 Å². The third-order valence-corrected chi connectivity index (χ3v) is 7.50. The van der Waals surface area contributed by atoms with Crippen molar-refractivity contribution in [1.29, 1.82) is 5.26 Å². The van der Waals surface area contributed by atoms with Gasteiger partial charge in [0.2, 0.25) is 10.0 Å². The molecule has 29 heavy (non-hydrogen) atoms. The molecule has 4 rings (SSSR count). The lowest BCUT2D eigenvalue weighted by molar-refractivity contribution is 0.568. The second-order valence-corrected chi connectivity index (χ2v) is 9.46. The third kappa shape index (κ3) is 3.96. The Balaban J connectivity index is 1.77. The zero-order valence-corrected chi connectivity index (χ0v) is 17.0. The lowest BCUT2D eigenvalue weighted by Crippen LogP contribution is -2.27. The van der Waals surface area contributed by atoms with E-state index < -0.39 is 10.0 Å². The van der Waals surface area contributed by atoms with Crippen molar-refractivity contribution in [2.75, 3.05) is 4.72 Å². The Morgan fingerprint density at radius 2 is 1.66 bits per heavy atom. The average molecular weight is 406 g/mol. The van der Waals surface area contributed by atoms with Crippen LogP contribution >= 0.6 is 0 Å². The Hall–Kier alpha value is -2.91. The van der Waals surface area contributed by atoms with Crippen LogP contribution in [0.15, 0.2) is 54.9 Å². The number of hydrogen-bond acceptors (Lipinski definition) is 4. The molecule has 0 spiro atoms. The number of hydrogen-bond donors (Lipinski definition) is 1.